The zero-order chi connectivity index (χ0) is 82.2. The fourth-order valence-corrected chi connectivity index (χ4v) is 14.1. The Morgan fingerprint density at radius 1 is 0.188 bits per heavy atom. The maximum atomic E-state index is 11.3. The number of unbranched alkanes of at least 4 members (excludes halogenated alkanes) is 64. The number of ether oxygens (including phenoxy) is 4. The molecule has 0 unspecified atom stereocenters. The predicted molar refractivity (Wildman–Crippen MR) is 538 cm³/mol. The molecule has 0 aliphatic rings. The minimum Gasteiger partial charge on any atom is -0.789 e. The van der Waals surface area contributed by atoms with E-state index in [4.69, 9.17) is 69.5 Å². The van der Waals surface area contributed by atoms with Gasteiger partial charge in [0, 0.05) is 25.7 Å². The van der Waals surface area contributed by atoms with Crippen LogP contribution in [0.4, 0.5) is 0 Å². The Morgan fingerprint density at radius 2 is 0.291 bits per heavy atom. The Bertz CT molecular complexity index is 1650. The van der Waals surface area contributed by atoms with Gasteiger partial charge in [0.05, 0.1) is 26.4 Å². The van der Waals surface area contributed by atoms with Gasteiger partial charge in [0.1, 0.15) is 0 Å². The van der Waals surface area contributed by atoms with Gasteiger partial charge >= 0.3 is 71.7 Å². The average molecular weight is 1950 g/mol. The molecule has 0 heterocycles. The van der Waals surface area contributed by atoms with Gasteiger partial charge in [-0.05, 0) is 128 Å². The Morgan fingerprint density at radius 3 is 0.402 bits per heavy atom. The van der Waals surface area contributed by atoms with Crippen molar-refractivity contribution in [3.05, 3.63) is 48.6 Å². The van der Waals surface area contributed by atoms with Crippen molar-refractivity contribution in [2.75, 3.05) is 49.4 Å². The van der Waals surface area contributed by atoms with E-state index in [1.807, 2.05) is 0 Å². The summed E-state index contributed by atoms with van der Waals surface area (Å²) >= 11 is 19.0. The molecule has 0 bridgehead atoms. The Labute approximate surface area is 795 Å². The van der Waals surface area contributed by atoms with Crippen LogP contribution in [0, 0.1) is 0 Å². The van der Waals surface area contributed by atoms with E-state index >= 15 is 0 Å². The van der Waals surface area contributed by atoms with Crippen LogP contribution in [0.2, 0.25) is 0 Å². The second-order valence-electron chi connectivity index (χ2n) is 32.1. The molecule has 692 valence electrons. The second kappa shape index (κ2) is 132. The summed E-state index contributed by atoms with van der Waals surface area (Å²) in [6, 6.07) is 0. The van der Waals surface area contributed by atoms with E-state index in [-0.39, 0.29) is 100 Å². The number of carbonyl (C=O) groups excluding carboxylic acids is 4. The van der Waals surface area contributed by atoms with Crippen molar-refractivity contribution >= 4 is 136 Å². The van der Waals surface area contributed by atoms with Crippen molar-refractivity contribution in [3.8, 4) is 0 Å². The summed E-state index contributed by atoms with van der Waals surface area (Å²) in [6.45, 7) is 10.7. The molecule has 0 rings (SSSR count). The van der Waals surface area contributed by atoms with E-state index < -0.39 is 0 Å². The van der Waals surface area contributed by atoms with Crippen molar-refractivity contribution in [1.82, 2.24) is 0 Å². The van der Waals surface area contributed by atoms with E-state index in [0.29, 0.717) is 75.1 Å². The maximum absolute atomic E-state index is 11.3. The standard InChI is InChI=1S/4C25H48O2S.2CH4.H2S.2Sn/c4*1-2-3-4-5-6-7-8-9-10-11-12-13-14-15-16-17-18-19-20-21-22-25(26)27-23-24-28;;;;;/h4*14-15,28H,2-13,16-24H2,1H3;2*1H4;1H2;;/q;;;;;;;2*+2/p-4/b4*15-14+;;;;;. The topological polar surface area (TPSA) is 105 Å². The van der Waals surface area contributed by atoms with E-state index in [2.05, 4.69) is 76.3 Å². The van der Waals surface area contributed by atoms with Crippen LogP contribution in [0.1, 0.15) is 531 Å². The summed E-state index contributed by atoms with van der Waals surface area (Å²) in [6.07, 6.45) is 117. The smallest absolute Gasteiger partial charge is 0.789 e. The first-order valence-corrected chi connectivity index (χ1v) is 51.1. The Kier molecular flexibility index (Phi) is 152. The van der Waals surface area contributed by atoms with Gasteiger partial charge in [-0.25, -0.2) is 0 Å². The number of esters is 4. The van der Waals surface area contributed by atoms with Crippen LogP contribution in [-0.2, 0) is 88.6 Å². The molecule has 0 aromatic carbocycles. The molecule has 117 heavy (non-hydrogen) atoms. The normalized spacial score (nSPS) is 10.9. The molecule has 0 aliphatic heterocycles. The van der Waals surface area contributed by atoms with Crippen molar-refractivity contribution in [3.63, 3.8) is 0 Å². The van der Waals surface area contributed by atoms with Gasteiger partial charge in [-0.2, -0.15) is 13.5 Å². The van der Waals surface area contributed by atoms with Gasteiger partial charge in [-0.3, -0.25) is 19.2 Å². The van der Waals surface area contributed by atoms with Gasteiger partial charge in [-0.15, -0.1) is 23.0 Å². The minimum absolute atomic E-state index is 0. The van der Waals surface area contributed by atoms with Crippen molar-refractivity contribution in [2.24, 2.45) is 0 Å². The molecule has 0 atom stereocenters. The summed E-state index contributed by atoms with van der Waals surface area (Å²) in [7, 11) is 0. The van der Waals surface area contributed by atoms with Crippen LogP contribution >= 0.6 is 13.5 Å². The first-order valence-electron chi connectivity index (χ1n) is 48.8. The van der Waals surface area contributed by atoms with Crippen LogP contribution in [0.5, 0.6) is 0 Å². The quantitative estimate of drug-likeness (QED) is 0.0145. The molecule has 0 amide bonds. The first-order chi connectivity index (χ1) is 55.2. The van der Waals surface area contributed by atoms with Gasteiger partial charge in [0.2, 0.25) is 0 Å². The summed E-state index contributed by atoms with van der Waals surface area (Å²) < 4.78 is 19.9. The number of rotatable bonds is 88. The second-order valence-corrected chi connectivity index (χ2v) is 33.7. The van der Waals surface area contributed by atoms with E-state index in [9.17, 15) is 19.2 Å². The first kappa shape index (κ1) is 135. The Hall–Kier alpha value is 0.187. The van der Waals surface area contributed by atoms with Crippen LogP contribution in [0.3, 0.4) is 0 Å². The van der Waals surface area contributed by atoms with Gasteiger partial charge in [0.25, 0.3) is 0 Å². The fourth-order valence-electron chi connectivity index (χ4n) is 13.8. The molecular formula is C102H198O8S5Sn2. The third-order valence-corrected chi connectivity index (χ3v) is 21.6. The average Bonchev–Trinajstić information content (AvgIpc) is 1.08. The van der Waals surface area contributed by atoms with Crippen LogP contribution in [0.25, 0.3) is 0 Å². The summed E-state index contributed by atoms with van der Waals surface area (Å²) in [5.41, 5.74) is 0. The van der Waals surface area contributed by atoms with Gasteiger partial charge in [0.15, 0.2) is 0 Å². The van der Waals surface area contributed by atoms with E-state index in [1.165, 1.54) is 411 Å². The molecule has 4 radical (unpaired) electrons. The van der Waals surface area contributed by atoms with Crippen molar-refractivity contribution < 1.29 is 38.1 Å². The largest absolute Gasteiger partial charge is 2.00 e. The zero-order valence-corrected chi connectivity index (χ0v) is 86.4. The molecule has 0 saturated carbocycles. The van der Waals surface area contributed by atoms with Crippen LogP contribution in [-0.4, -0.2) is 121 Å². The Balaban J connectivity index is -0.000000187. The number of hydrogen-bond donors (Lipinski definition) is 0. The number of hydrogen-bond acceptors (Lipinski definition) is 12. The number of allylic oxidation sites excluding steroid dienone is 8. The van der Waals surface area contributed by atoms with Gasteiger partial charge in [-0.1, -0.05) is 425 Å². The molecule has 0 saturated heterocycles. The SMILES string of the molecule is C.C.CCCCCCCCCCCCC/C=C/CCCCCCCC(=O)OCC[S-].CCCCCCCCCCCCC/C=C/CCCCCCCC(=O)OCC[S-].CCCCCCCCCCCCC/C=C/CCCCCCCC(=O)OCC[S-].CCCCCCCCCCCCC/C=C/CCCCCCCC(=O)OCC[S-].S.[Sn+2].[Sn+2]. The maximum Gasteiger partial charge on any atom is 2.00 e. The zero-order valence-electron chi connectivity index (χ0n) is 76.4. The molecule has 0 aromatic heterocycles. The minimum atomic E-state index is -0.0878. The molecule has 0 aromatic rings. The monoisotopic (exact) mass is 1950 g/mol. The molecule has 15 heteroatoms. The summed E-state index contributed by atoms with van der Waals surface area (Å²) in [5, 5.41) is 0. The molecule has 0 N–H and O–H groups in total. The molecule has 0 spiro atoms. The van der Waals surface area contributed by atoms with Crippen molar-refractivity contribution in [1.29, 1.82) is 0 Å². The fraction of sp³-hybridized carbons (Fsp3) is 0.882. The van der Waals surface area contributed by atoms with Gasteiger partial charge < -0.3 is 69.5 Å². The van der Waals surface area contributed by atoms with Crippen LogP contribution < -0.4 is 0 Å². The van der Waals surface area contributed by atoms with E-state index in [1.54, 1.807) is 0 Å². The molecule has 0 fully saturated rings. The van der Waals surface area contributed by atoms with E-state index in [0.717, 1.165) is 51.4 Å². The number of carbonyl (C=O) groups is 4. The predicted octanol–water partition coefficient (Wildman–Crippen LogP) is 32.9. The van der Waals surface area contributed by atoms with Crippen molar-refractivity contribution in [2.45, 2.75) is 531 Å². The molecule has 8 nitrogen and oxygen atoms in total. The van der Waals surface area contributed by atoms with Crippen LogP contribution in [0.15, 0.2) is 48.6 Å². The molecular weight excluding hydrogens is 1750 g/mol. The third kappa shape index (κ3) is 140. The molecule has 0 aliphatic carbocycles. The summed E-state index contributed by atoms with van der Waals surface area (Å²) in [4.78, 5) is 45.3. The third-order valence-electron chi connectivity index (χ3n) is 21.0. The summed E-state index contributed by atoms with van der Waals surface area (Å²) in [5.74, 6) is 1.64.